The van der Waals surface area contributed by atoms with Gasteiger partial charge < -0.3 is 15.2 Å². The molecule has 96 valence electrons. The van der Waals surface area contributed by atoms with Crippen LogP contribution in [0.2, 0.25) is 0 Å². The molecule has 1 unspecified atom stereocenters. The van der Waals surface area contributed by atoms with Gasteiger partial charge in [-0.05, 0) is 57.5 Å². The number of nitrogens with one attached hydrogen (secondary N) is 1. The van der Waals surface area contributed by atoms with E-state index in [-0.39, 0.29) is 6.61 Å². The van der Waals surface area contributed by atoms with Crippen LogP contribution >= 0.6 is 31.9 Å². The lowest BCUT2D eigenvalue weighted by molar-refractivity contribution is 0.0122. The number of hydrogen-bond donors (Lipinski definition) is 2. The molecule has 0 aliphatic rings. The number of rotatable bonds is 6. The van der Waals surface area contributed by atoms with E-state index in [4.69, 9.17) is 4.74 Å². The first-order valence-corrected chi connectivity index (χ1v) is 7.05. The van der Waals surface area contributed by atoms with Gasteiger partial charge in [0, 0.05) is 6.54 Å². The van der Waals surface area contributed by atoms with Crippen LogP contribution in [0.15, 0.2) is 27.1 Å². The van der Waals surface area contributed by atoms with Gasteiger partial charge in [-0.1, -0.05) is 13.0 Å². The molecule has 0 bridgehead atoms. The van der Waals surface area contributed by atoms with E-state index in [1.165, 1.54) is 0 Å². The molecule has 0 aromatic heterocycles. The molecule has 0 aliphatic heterocycles. The van der Waals surface area contributed by atoms with Crippen molar-refractivity contribution in [1.29, 1.82) is 0 Å². The molecule has 0 radical (unpaired) electrons. The molecular weight excluding hydrogens is 350 g/mol. The normalized spacial score (nSPS) is 14.4. The van der Waals surface area contributed by atoms with Gasteiger partial charge >= 0.3 is 0 Å². The number of halogens is 2. The fraction of sp³-hybridized carbons (Fsp3) is 0.500. The van der Waals surface area contributed by atoms with Crippen molar-refractivity contribution in [3.8, 4) is 5.75 Å². The maximum atomic E-state index is 10.1. The molecule has 17 heavy (non-hydrogen) atoms. The molecule has 1 rings (SSSR count). The Bertz CT molecular complexity index is 349. The Hall–Kier alpha value is -0.100. The molecule has 0 amide bonds. The number of ether oxygens (including phenoxy) is 1. The van der Waals surface area contributed by atoms with Crippen molar-refractivity contribution in [3.63, 3.8) is 0 Å². The molecule has 2 N–H and O–H groups in total. The van der Waals surface area contributed by atoms with Gasteiger partial charge in [0.25, 0.3) is 0 Å². The minimum Gasteiger partial charge on any atom is -0.488 e. The van der Waals surface area contributed by atoms with Crippen LogP contribution in [0.4, 0.5) is 0 Å². The summed E-state index contributed by atoms with van der Waals surface area (Å²) in [5.41, 5.74) is -0.884. The zero-order valence-electron chi connectivity index (χ0n) is 9.96. The Balaban J connectivity index is 2.60. The van der Waals surface area contributed by atoms with Crippen molar-refractivity contribution in [2.45, 2.75) is 19.4 Å². The molecule has 0 saturated carbocycles. The van der Waals surface area contributed by atoms with Crippen LogP contribution in [0.5, 0.6) is 5.75 Å². The van der Waals surface area contributed by atoms with E-state index in [1.54, 1.807) is 6.92 Å². The average molecular weight is 367 g/mol. The molecule has 0 fully saturated rings. The summed E-state index contributed by atoms with van der Waals surface area (Å²) in [4.78, 5) is 0. The summed E-state index contributed by atoms with van der Waals surface area (Å²) in [7, 11) is 0. The highest BCUT2D eigenvalue weighted by molar-refractivity contribution is 9.11. The molecule has 0 heterocycles. The van der Waals surface area contributed by atoms with Gasteiger partial charge in [-0.2, -0.15) is 0 Å². The SMILES string of the molecule is CCNCC(C)(O)COc1c(Br)cccc1Br. The molecule has 0 aliphatic carbocycles. The fourth-order valence-electron chi connectivity index (χ4n) is 1.29. The van der Waals surface area contributed by atoms with E-state index >= 15 is 0 Å². The van der Waals surface area contributed by atoms with Crippen molar-refractivity contribution in [2.75, 3.05) is 19.7 Å². The third kappa shape index (κ3) is 4.95. The lowest BCUT2D eigenvalue weighted by Gasteiger charge is -2.24. The fourth-order valence-corrected chi connectivity index (χ4v) is 2.52. The molecule has 0 saturated heterocycles. The van der Waals surface area contributed by atoms with Gasteiger partial charge in [0.05, 0.1) is 8.95 Å². The Morgan fingerprint density at radius 3 is 2.47 bits per heavy atom. The number of hydrogen-bond acceptors (Lipinski definition) is 3. The predicted octanol–water partition coefficient (Wildman–Crippen LogP) is 2.95. The first-order valence-electron chi connectivity index (χ1n) is 5.46. The standard InChI is InChI=1S/C12H17Br2NO2/c1-3-15-7-12(2,16)8-17-11-9(13)5-4-6-10(11)14/h4-6,15-16H,3,7-8H2,1-2H3. The molecule has 1 aromatic carbocycles. The van der Waals surface area contributed by atoms with E-state index < -0.39 is 5.60 Å². The van der Waals surface area contributed by atoms with Crippen molar-refractivity contribution >= 4 is 31.9 Å². The highest BCUT2D eigenvalue weighted by Crippen LogP contribution is 2.33. The van der Waals surface area contributed by atoms with Crippen LogP contribution in [-0.2, 0) is 0 Å². The number of likely N-dealkylation sites (N-methyl/N-ethyl adjacent to an activating group) is 1. The highest BCUT2D eigenvalue weighted by atomic mass is 79.9. The molecule has 1 atom stereocenters. The second-order valence-corrected chi connectivity index (χ2v) is 5.83. The van der Waals surface area contributed by atoms with E-state index in [9.17, 15) is 5.11 Å². The first kappa shape index (κ1) is 15.0. The molecule has 5 heteroatoms. The highest BCUT2D eigenvalue weighted by Gasteiger charge is 2.21. The van der Waals surface area contributed by atoms with E-state index in [0.29, 0.717) is 12.3 Å². The average Bonchev–Trinajstić information content (AvgIpc) is 2.26. The predicted molar refractivity (Wildman–Crippen MR) is 76.5 cm³/mol. The lowest BCUT2D eigenvalue weighted by Crippen LogP contribution is -2.42. The third-order valence-electron chi connectivity index (χ3n) is 2.20. The Morgan fingerprint density at radius 1 is 1.35 bits per heavy atom. The summed E-state index contributed by atoms with van der Waals surface area (Å²) >= 11 is 6.83. The summed E-state index contributed by atoms with van der Waals surface area (Å²) < 4.78 is 7.38. The van der Waals surface area contributed by atoms with E-state index in [1.807, 2.05) is 25.1 Å². The largest absolute Gasteiger partial charge is 0.488 e. The quantitative estimate of drug-likeness (QED) is 0.813. The lowest BCUT2D eigenvalue weighted by atomic mass is 10.1. The summed E-state index contributed by atoms with van der Waals surface area (Å²) in [5, 5.41) is 13.2. The smallest absolute Gasteiger partial charge is 0.147 e. The van der Waals surface area contributed by atoms with E-state index in [0.717, 1.165) is 15.5 Å². The maximum absolute atomic E-state index is 10.1. The second kappa shape index (κ2) is 6.73. The Morgan fingerprint density at radius 2 is 1.94 bits per heavy atom. The monoisotopic (exact) mass is 365 g/mol. The topological polar surface area (TPSA) is 41.5 Å². The molecular formula is C12H17Br2NO2. The third-order valence-corrected chi connectivity index (χ3v) is 3.45. The van der Waals surface area contributed by atoms with Crippen LogP contribution in [0, 0.1) is 0 Å². The van der Waals surface area contributed by atoms with Crippen molar-refractivity contribution < 1.29 is 9.84 Å². The zero-order chi connectivity index (χ0) is 12.9. The summed E-state index contributed by atoms with van der Waals surface area (Å²) in [6, 6.07) is 5.72. The second-order valence-electron chi connectivity index (χ2n) is 4.12. The number of benzene rings is 1. The summed E-state index contributed by atoms with van der Waals surface area (Å²) in [6.45, 7) is 5.32. The van der Waals surface area contributed by atoms with Crippen LogP contribution in [0.3, 0.4) is 0 Å². The van der Waals surface area contributed by atoms with Crippen molar-refractivity contribution in [3.05, 3.63) is 27.1 Å². The van der Waals surface area contributed by atoms with Crippen LogP contribution in [0.25, 0.3) is 0 Å². The van der Waals surface area contributed by atoms with Gasteiger partial charge in [-0.3, -0.25) is 0 Å². The van der Waals surface area contributed by atoms with Crippen molar-refractivity contribution in [1.82, 2.24) is 5.32 Å². The van der Waals surface area contributed by atoms with Gasteiger partial charge in [-0.15, -0.1) is 0 Å². The van der Waals surface area contributed by atoms with E-state index in [2.05, 4.69) is 37.2 Å². The van der Waals surface area contributed by atoms with Crippen LogP contribution < -0.4 is 10.1 Å². The molecule has 3 nitrogen and oxygen atoms in total. The summed E-state index contributed by atoms with van der Waals surface area (Å²) in [6.07, 6.45) is 0. The maximum Gasteiger partial charge on any atom is 0.147 e. The molecule has 0 spiro atoms. The van der Waals surface area contributed by atoms with Crippen LogP contribution in [-0.4, -0.2) is 30.4 Å². The van der Waals surface area contributed by atoms with Gasteiger partial charge in [-0.25, -0.2) is 0 Å². The van der Waals surface area contributed by atoms with Gasteiger partial charge in [0.15, 0.2) is 0 Å². The number of para-hydroxylation sites is 1. The molecule has 1 aromatic rings. The first-order chi connectivity index (χ1) is 7.96. The minimum absolute atomic E-state index is 0.237. The number of aliphatic hydroxyl groups is 1. The van der Waals surface area contributed by atoms with Crippen molar-refractivity contribution in [2.24, 2.45) is 0 Å². The van der Waals surface area contributed by atoms with Gasteiger partial charge in [0.2, 0.25) is 0 Å². The van der Waals surface area contributed by atoms with Gasteiger partial charge in [0.1, 0.15) is 18.0 Å². The zero-order valence-corrected chi connectivity index (χ0v) is 13.1. The van der Waals surface area contributed by atoms with Crippen LogP contribution in [0.1, 0.15) is 13.8 Å². The Kier molecular flexibility index (Phi) is 5.92. The minimum atomic E-state index is -0.884. The summed E-state index contributed by atoms with van der Waals surface area (Å²) in [5.74, 6) is 0.712. The Labute approximate surface area is 119 Å².